The largest absolute Gasteiger partial charge is 0.466 e. The summed E-state index contributed by atoms with van der Waals surface area (Å²) in [5.41, 5.74) is 0.112. The maximum absolute atomic E-state index is 14.4. The molecule has 3 aliphatic heterocycles. The summed E-state index contributed by atoms with van der Waals surface area (Å²) in [7, 11) is 0. The molecule has 0 bridgehead atoms. The van der Waals surface area contributed by atoms with Gasteiger partial charge in [0.25, 0.3) is 0 Å². The van der Waals surface area contributed by atoms with Crippen molar-refractivity contribution in [1.29, 1.82) is 0 Å². The zero-order chi connectivity index (χ0) is 22.0. The lowest BCUT2D eigenvalue weighted by atomic mass is 9.74. The molecule has 0 unspecified atom stereocenters. The Hall–Kier alpha value is -2.42. The van der Waals surface area contributed by atoms with Gasteiger partial charge in [0.1, 0.15) is 11.6 Å². The number of rotatable bonds is 6. The molecule has 1 saturated heterocycles. The molecular weight excluding hydrogens is 424 g/mol. The molecule has 1 atom stereocenters. The lowest BCUT2D eigenvalue weighted by Gasteiger charge is -2.41. The number of fused-ring (bicyclic) bond motifs is 1. The second-order valence-electron chi connectivity index (χ2n) is 8.05. The zero-order valence-electron chi connectivity index (χ0n) is 17.4. The number of aliphatic imine (C=N–C) groups is 1. The second-order valence-corrected chi connectivity index (χ2v) is 8.89. The number of esters is 1. The van der Waals surface area contributed by atoms with Gasteiger partial charge in [-0.1, -0.05) is 17.8 Å². The first-order valence-electron chi connectivity index (χ1n) is 10.5. The van der Waals surface area contributed by atoms with E-state index in [9.17, 15) is 18.4 Å². The fraction of sp³-hybridized carbons (Fsp3) is 0.500. The number of thioether (sulfide) groups is 1. The van der Waals surface area contributed by atoms with Crippen LogP contribution in [0.15, 0.2) is 34.3 Å². The van der Waals surface area contributed by atoms with Crippen molar-refractivity contribution in [3.8, 4) is 0 Å². The number of likely N-dealkylation sites (tertiary alicyclic amines) is 1. The maximum atomic E-state index is 14.4. The first-order chi connectivity index (χ1) is 14.9. The summed E-state index contributed by atoms with van der Waals surface area (Å²) in [4.78, 5) is 34.2. The number of piperidine rings is 1. The number of amides is 1. The van der Waals surface area contributed by atoms with Crippen LogP contribution >= 0.6 is 11.8 Å². The Morgan fingerprint density at radius 3 is 2.90 bits per heavy atom. The van der Waals surface area contributed by atoms with E-state index in [1.54, 1.807) is 11.8 Å². The Labute approximate surface area is 184 Å². The summed E-state index contributed by atoms with van der Waals surface area (Å²) < 4.78 is 33.1. The fourth-order valence-corrected chi connectivity index (χ4v) is 5.38. The van der Waals surface area contributed by atoms with E-state index in [1.807, 2.05) is 5.41 Å². The summed E-state index contributed by atoms with van der Waals surface area (Å²) >= 11 is 1.52. The number of halogens is 2. The Morgan fingerprint density at radius 2 is 2.13 bits per heavy atom. The maximum Gasteiger partial charge on any atom is 0.314 e. The van der Waals surface area contributed by atoms with Crippen LogP contribution in [0.5, 0.6) is 0 Å². The highest BCUT2D eigenvalue weighted by Gasteiger charge is 2.45. The normalized spacial score (nSPS) is 22.8. The number of amidine groups is 1. The Morgan fingerprint density at radius 1 is 1.29 bits per heavy atom. The van der Waals surface area contributed by atoms with E-state index in [2.05, 4.69) is 9.89 Å². The van der Waals surface area contributed by atoms with E-state index in [0.717, 1.165) is 30.0 Å². The fourth-order valence-electron chi connectivity index (χ4n) is 4.42. The number of hydrogen-bond donors (Lipinski definition) is 0. The Balaban J connectivity index is 1.52. The van der Waals surface area contributed by atoms with Gasteiger partial charge in [0, 0.05) is 31.4 Å². The van der Waals surface area contributed by atoms with Gasteiger partial charge in [-0.2, -0.15) is 0 Å². The molecule has 0 N–H and O–H groups in total. The SMILES string of the molecule is CCOC(=O)[C@@]1(Cc2ccc(F)cc2F)CCCN(C(=O)CC2=CSC3=NCCN23)C1. The van der Waals surface area contributed by atoms with Crippen molar-refractivity contribution in [2.24, 2.45) is 10.4 Å². The molecular formula is C22H25F2N3O3S. The number of carbonyl (C=O) groups is 2. The monoisotopic (exact) mass is 449 g/mol. The lowest BCUT2D eigenvalue weighted by molar-refractivity contribution is -0.160. The quantitative estimate of drug-likeness (QED) is 0.624. The van der Waals surface area contributed by atoms with Crippen LogP contribution in [0.3, 0.4) is 0 Å². The highest BCUT2D eigenvalue weighted by molar-refractivity contribution is 8.16. The van der Waals surface area contributed by atoms with E-state index in [-0.39, 0.29) is 37.5 Å². The molecule has 1 aromatic rings. The van der Waals surface area contributed by atoms with Gasteiger partial charge in [-0.05, 0) is 43.2 Å². The standard InChI is InChI=1S/C22H25F2N3O3S/c1-2-30-20(29)22(12-15-4-5-16(23)10-18(15)24)6-3-8-26(14-22)19(28)11-17-13-31-21-25-7-9-27(17)21/h4-5,10,13H,2-3,6-9,11-12,14H2,1H3/t22-/m1/s1. The number of ether oxygens (including phenoxy) is 1. The van der Waals surface area contributed by atoms with Crippen LogP contribution < -0.4 is 0 Å². The number of benzene rings is 1. The minimum atomic E-state index is -1.05. The molecule has 3 heterocycles. The van der Waals surface area contributed by atoms with Crippen LogP contribution in [0.4, 0.5) is 8.78 Å². The molecule has 31 heavy (non-hydrogen) atoms. The highest BCUT2D eigenvalue weighted by atomic mass is 32.2. The average Bonchev–Trinajstić information content (AvgIpc) is 3.36. The molecule has 1 aromatic carbocycles. The first-order valence-corrected chi connectivity index (χ1v) is 11.4. The van der Waals surface area contributed by atoms with Crippen molar-refractivity contribution in [3.05, 3.63) is 46.5 Å². The van der Waals surface area contributed by atoms with Gasteiger partial charge in [0.15, 0.2) is 5.17 Å². The van der Waals surface area contributed by atoms with Crippen LogP contribution in [0, 0.1) is 17.0 Å². The number of nitrogens with zero attached hydrogens (tertiary/aromatic N) is 3. The molecule has 0 aliphatic carbocycles. The molecule has 6 nitrogen and oxygen atoms in total. The van der Waals surface area contributed by atoms with Gasteiger partial charge < -0.3 is 14.5 Å². The molecule has 1 fully saturated rings. The zero-order valence-corrected chi connectivity index (χ0v) is 18.2. The second kappa shape index (κ2) is 8.98. The van der Waals surface area contributed by atoms with Gasteiger partial charge in [-0.15, -0.1) is 0 Å². The van der Waals surface area contributed by atoms with Crippen molar-refractivity contribution < 1.29 is 23.1 Å². The van der Waals surface area contributed by atoms with Crippen molar-refractivity contribution >= 4 is 28.8 Å². The molecule has 166 valence electrons. The van der Waals surface area contributed by atoms with Gasteiger partial charge in [0.2, 0.25) is 5.91 Å². The minimum Gasteiger partial charge on any atom is -0.466 e. The predicted molar refractivity (Wildman–Crippen MR) is 114 cm³/mol. The average molecular weight is 450 g/mol. The third-order valence-corrected chi connectivity index (χ3v) is 6.91. The van der Waals surface area contributed by atoms with Crippen molar-refractivity contribution in [3.63, 3.8) is 0 Å². The topological polar surface area (TPSA) is 62.2 Å². The lowest BCUT2D eigenvalue weighted by Crippen LogP contribution is -2.52. The van der Waals surface area contributed by atoms with E-state index in [0.29, 0.717) is 19.4 Å². The minimum absolute atomic E-state index is 0.0587. The Bertz CT molecular complexity index is 952. The van der Waals surface area contributed by atoms with Gasteiger partial charge >= 0.3 is 5.97 Å². The van der Waals surface area contributed by atoms with Crippen LogP contribution in [0.25, 0.3) is 0 Å². The van der Waals surface area contributed by atoms with Crippen LogP contribution in [0.2, 0.25) is 0 Å². The summed E-state index contributed by atoms with van der Waals surface area (Å²) in [6, 6.07) is 3.36. The molecule has 0 spiro atoms. The molecule has 0 saturated carbocycles. The van der Waals surface area contributed by atoms with Crippen LogP contribution in [-0.4, -0.2) is 59.6 Å². The van der Waals surface area contributed by atoms with E-state index >= 15 is 0 Å². The molecule has 0 radical (unpaired) electrons. The highest BCUT2D eigenvalue weighted by Crippen LogP contribution is 2.37. The van der Waals surface area contributed by atoms with E-state index in [4.69, 9.17) is 4.74 Å². The van der Waals surface area contributed by atoms with Gasteiger partial charge in [-0.25, -0.2) is 8.78 Å². The molecule has 1 amide bonds. The van der Waals surface area contributed by atoms with Crippen molar-refractivity contribution in [2.45, 2.75) is 32.6 Å². The first kappa shape index (κ1) is 21.8. The number of hydrogen-bond acceptors (Lipinski definition) is 6. The van der Waals surface area contributed by atoms with Gasteiger partial charge in [0.05, 0.1) is 25.0 Å². The number of carbonyl (C=O) groups excluding carboxylic acids is 2. The van der Waals surface area contributed by atoms with Crippen molar-refractivity contribution in [2.75, 3.05) is 32.8 Å². The molecule has 4 rings (SSSR count). The summed E-state index contributed by atoms with van der Waals surface area (Å²) in [5.74, 6) is -1.88. The smallest absolute Gasteiger partial charge is 0.314 e. The predicted octanol–water partition coefficient (Wildman–Crippen LogP) is 3.33. The third kappa shape index (κ3) is 4.46. The van der Waals surface area contributed by atoms with E-state index < -0.39 is 23.0 Å². The van der Waals surface area contributed by atoms with E-state index in [1.165, 1.54) is 23.9 Å². The molecule has 3 aliphatic rings. The third-order valence-electron chi connectivity index (χ3n) is 5.96. The summed E-state index contributed by atoms with van der Waals surface area (Å²) in [6.45, 7) is 4.11. The van der Waals surface area contributed by atoms with Gasteiger partial charge in [-0.3, -0.25) is 14.6 Å². The molecule has 0 aromatic heterocycles. The summed E-state index contributed by atoms with van der Waals surface area (Å²) in [6.07, 6.45) is 1.38. The Kier molecular flexibility index (Phi) is 6.31. The van der Waals surface area contributed by atoms with Crippen molar-refractivity contribution in [1.82, 2.24) is 9.80 Å². The molecule has 9 heteroatoms. The van der Waals surface area contributed by atoms with Crippen LogP contribution in [0.1, 0.15) is 31.7 Å². The van der Waals surface area contributed by atoms with Crippen LogP contribution in [-0.2, 0) is 20.7 Å². The summed E-state index contributed by atoms with van der Waals surface area (Å²) in [5, 5.41) is 2.88.